The zero-order valence-corrected chi connectivity index (χ0v) is 19.9. The number of fused-ring (bicyclic) bond motifs is 2. The number of halogens is 1. The fraction of sp³-hybridized carbons (Fsp3) is 0.240. The number of para-hydroxylation sites is 1. The number of anilines is 1. The first-order valence-electron chi connectivity index (χ1n) is 11.0. The van der Waals surface area contributed by atoms with Gasteiger partial charge in [-0.2, -0.15) is 0 Å². The molecule has 0 aliphatic carbocycles. The van der Waals surface area contributed by atoms with Crippen molar-refractivity contribution in [3.05, 3.63) is 82.4 Å². The van der Waals surface area contributed by atoms with Crippen molar-refractivity contribution in [2.75, 3.05) is 24.1 Å². The topological polar surface area (TPSA) is 84.9 Å². The van der Waals surface area contributed by atoms with E-state index in [-0.39, 0.29) is 22.9 Å². The second kappa shape index (κ2) is 9.19. The molecule has 1 N–H and O–H groups in total. The van der Waals surface area contributed by atoms with Crippen LogP contribution in [0.3, 0.4) is 0 Å². The van der Waals surface area contributed by atoms with E-state index in [1.165, 1.54) is 16.4 Å². The lowest BCUT2D eigenvalue weighted by molar-refractivity contribution is 0.0950. The van der Waals surface area contributed by atoms with Crippen LogP contribution in [-0.2, 0) is 23.0 Å². The molecule has 7 nitrogen and oxygen atoms in total. The van der Waals surface area contributed by atoms with Crippen LogP contribution in [0, 0.1) is 0 Å². The fourth-order valence-corrected chi connectivity index (χ4v) is 5.99. The number of nitrogens with zero attached hydrogens (tertiary/aromatic N) is 1. The number of carbonyl (C=O) groups is 1. The van der Waals surface area contributed by atoms with Crippen molar-refractivity contribution in [3.8, 4) is 11.5 Å². The summed E-state index contributed by atoms with van der Waals surface area (Å²) in [5, 5.41) is 3.25. The molecule has 176 valence electrons. The van der Waals surface area contributed by atoms with Crippen LogP contribution in [0.15, 0.2) is 65.6 Å². The molecule has 0 saturated carbocycles. The number of hydrogen-bond donors (Lipinski definition) is 1. The summed E-state index contributed by atoms with van der Waals surface area (Å²) in [5.41, 5.74) is 2.69. The Hall–Kier alpha value is -3.23. The Balaban J connectivity index is 1.33. The smallest absolute Gasteiger partial charge is 0.264 e. The number of amides is 1. The Bertz CT molecular complexity index is 1360. The Morgan fingerprint density at radius 2 is 1.85 bits per heavy atom. The summed E-state index contributed by atoms with van der Waals surface area (Å²) in [6.45, 7) is 1.64. The molecule has 5 rings (SSSR count). The first kappa shape index (κ1) is 22.6. The molecule has 2 aliphatic heterocycles. The zero-order chi connectivity index (χ0) is 23.7. The van der Waals surface area contributed by atoms with Gasteiger partial charge in [0, 0.05) is 25.1 Å². The minimum Gasteiger partial charge on any atom is -0.489 e. The average Bonchev–Trinajstić information content (AvgIpc) is 3.14. The minimum atomic E-state index is -3.79. The molecule has 9 heteroatoms. The van der Waals surface area contributed by atoms with Gasteiger partial charge in [0.1, 0.15) is 0 Å². The van der Waals surface area contributed by atoms with Crippen LogP contribution in [0.2, 0.25) is 5.02 Å². The molecule has 2 aliphatic rings. The van der Waals surface area contributed by atoms with E-state index in [2.05, 4.69) is 5.32 Å². The molecule has 0 aromatic heterocycles. The van der Waals surface area contributed by atoms with Crippen LogP contribution in [0.1, 0.15) is 27.9 Å². The highest BCUT2D eigenvalue weighted by molar-refractivity contribution is 7.92. The van der Waals surface area contributed by atoms with Crippen LogP contribution < -0.4 is 19.1 Å². The molecule has 3 aromatic carbocycles. The maximum atomic E-state index is 13.3. The molecule has 0 spiro atoms. The van der Waals surface area contributed by atoms with E-state index in [1.807, 2.05) is 18.2 Å². The van der Waals surface area contributed by atoms with Crippen LogP contribution in [0.5, 0.6) is 11.5 Å². The number of hydrogen-bond acceptors (Lipinski definition) is 5. The van der Waals surface area contributed by atoms with Crippen molar-refractivity contribution in [1.82, 2.24) is 5.32 Å². The van der Waals surface area contributed by atoms with Gasteiger partial charge in [-0.3, -0.25) is 9.10 Å². The van der Waals surface area contributed by atoms with Gasteiger partial charge in [0.15, 0.2) is 11.5 Å². The standard InChI is InChI=1S/C25H23ClN2O5S/c26-21-13-17(14-23-24(21)33-12-4-11-32-23)16-27-25(29)19-6-3-7-20(15-19)34(30,31)28-10-9-18-5-1-2-8-22(18)28/h1-3,5-8,13-15H,4,9-12,16H2,(H,27,29). The first-order chi connectivity index (χ1) is 16.4. The molecule has 0 atom stereocenters. The SMILES string of the molecule is O=C(NCc1cc(Cl)c2c(c1)OCCCO2)c1cccc(S(=O)(=O)N2CCc3ccccc32)c1. The Morgan fingerprint density at radius 1 is 1.03 bits per heavy atom. The third-order valence-electron chi connectivity index (χ3n) is 5.84. The molecule has 3 aromatic rings. The lowest BCUT2D eigenvalue weighted by Gasteiger charge is -2.20. The Morgan fingerprint density at radius 3 is 2.74 bits per heavy atom. The van der Waals surface area contributed by atoms with Gasteiger partial charge in [0.25, 0.3) is 15.9 Å². The number of rotatable bonds is 5. The normalized spacial score (nSPS) is 14.9. The number of benzene rings is 3. The Kier molecular flexibility index (Phi) is 6.10. The molecule has 0 unspecified atom stereocenters. The van der Waals surface area contributed by atoms with Gasteiger partial charge in [0.2, 0.25) is 0 Å². The van der Waals surface area contributed by atoms with Gasteiger partial charge >= 0.3 is 0 Å². The zero-order valence-electron chi connectivity index (χ0n) is 18.3. The van der Waals surface area contributed by atoms with E-state index in [0.717, 1.165) is 17.5 Å². The monoisotopic (exact) mass is 498 g/mol. The van der Waals surface area contributed by atoms with Crippen molar-refractivity contribution in [1.29, 1.82) is 0 Å². The van der Waals surface area contributed by atoms with Gasteiger partial charge in [-0.15, -0.1) is 0 Å². The summed E-state index contributed by atoms with van der Waals surface area (Å²) in [7, 11) is -3.79. The molecule has 2 heterocycles. The molecule has 0 fully saturated rings. The quantitative estimate of drug-likeness (QED) is 0.570. The van der Waals surface area contributed by atoms with Crippen LogP contribution in [-0.4, -0.2) is 34.1 Å². The highest BCUT2D eigenvalue weighted by atomic mass is 35.5. The maximum Gasteiger partial charge on any atom is 0.264 e. The lowest BCUT2D eigenvalue weighted by atomic mass is 10.1. The molecule has 0 saturated heterocycles. The largest absolute Gasteiger partial charge is 0.489 e. The summed E-state index contributed by atoms with van der Waals surface area (Å²) >= 11 is 6.33. The van der Waals surface area contributed by atoms with Crippen LogP contribution in [0.25, 0.3) is 0 Å². The molecule has 1 amide bonds. The first-order valence-corrected chi connectivity index (χ1v) is 12.8. The summed E-state index contributed by atoms with van der Waals surface area (Å²) < 4.78 is 39.3. The van der Waals surface area contributed by atoms with E-state index in [4.69, 9.17) is 21.1 Å². The number of carbonyl (C=O) groups excluding carboxylic acids is 1. The van der Waals surface area contributed by atoms with Crippen molar-refractivity contribution in [2.24, 2.45) is 0 Å². The van der Waals surface area contributed by atoms with E-state index in [1.54, 1.807) is 30.3 Å². The second-order valence-electron chi connectivity index (χ2n) is 8.12. The lowest BCUT2D eigenvalue weighted by Crippen LogP contribution is -2.29. The van der Waals surface area contributed by atoms with Crippen LogP contribution >= 0.6 is 11.6 Å². The summed E-state index contributed by atoms with van der Waals surface area (Å²) in [6, 6.07) is 17.1. The van der Waals surface area contributed by atoms with E-state index in [9.17, 15) is 13.2 Å². The molecule has 34 heavy (non-hydrogen) atoms. The minimum absolute atomic E-state index is 0.0791. The number of nitrogens with one attached hydrogen (secondary N) is 1. The van der Waals surface area contributed by atoms with Gasteiger partial charge in [-0.1, -0.05) is 35.9 Å². The highest BCUT2D eigenvalue weighted by Crippen LogP contribution is 2.38. The summed E-state index contributed by atoms with van der Waals surface area (Å²) in [6.07, 6.45) is 1.42. The van der Waals surface area contributed by atoms with Gasteiger partial charge in [-0.25, -0.2) is 8.42 Å². The molecular formula is C25H23ClN2O5S. The van der Waals surface area contributed by atoms with E-state index in [0.29, 0.717) is 48.4 Å². The third kappa shape index (κ3) is 4.31. The van der Waals surface area contributed by atoms with Crippen molar-refractivity contribution < 1.29 is 22.7 Å². The fourth-order valence-electron chi connectivity index (χ4n) is 4.15. The van der Waals surface area contributed by atoms with Gasteiger partial charge in [-0.05, 0) is 53.9 Å². The van der Waals surface area contributed by atoms with E-state index < -0.39 is 10.0 Å². The third-order valence-corrected chi connectivity index (χ3v) is 7.93. The van der Waals surface area contributed by atoms with Gasteiger partial charge < -0.3 is 14.8 Å². The van der Waals surface area contributed by atoms with Gasteiger partial charge in [0.05, 0.1) is 28.8 Å². The highest BCUT2D eigenvalue weighted by Gasteiger charge is 2.31. The summed E-state index contributed by atoms with van der Waals surface area (Å²) in [4.78, 5) is 12.9. The predicted octanol–water partition coefficient (Wildman–Crippen LogP) is 4.18. The maximum absolute atomic E-state index is 13.3. The predicted molar refractivity (Wildman–Crippen MR) is 129 cm³/mol. The van der Waals surface area contributed by atoms with Crippen molar-refractivity contribution >= 4 is 33.2 Å². The van der Waals surface area contributed by atoms with Crippen LogP contribution in [0.4, 0.5) is 5.69 Å². The summed E-state index contributed by atoms with van der Waals surface area (Å²) in [5.74, 6) is 0.672. The Labute approximate surface area is 203 Å². The van der Waals surface area contributed by atoms with Crippen molar-refractivity contribution in [2.45, 2.75) is 24.3 Å². The second-order valence-corrected chi connectivity index (χ2v) is 10.4. The molecular weight excluding hydrogens is 476 g/mol. The average molecular weight is 499 g/mol. The van der Waals surface area contributed by atoms with E-state index >= 15 is 0 Å². The number of ether oxygens (including phenoxy) is 2. The van der Waals surface area contributed by atoms with Crippen molar-refractivity contribution in [3.63, 3.8) is 0 Å². The molecule has 0 bridgehead atoms. The number of sulfonamides is 1. The molecule has 0 radical (unpaired) electrons.